The third kappa shape index (κ3) is 3.15. The minimum absolute atomic E-state index is 0.141. The van der Waals surface area contributed by atoms with E-state index in [0.717, 1.165) is 5.56 Å². The number of hydrogen-bond acceptors (Lipinski definition) is 3. The first-order valence-electron chi connectivity index (χ1n) is 6.49. The van der Waals surface area contributed by atoms with E-state index < -0.39 is 0 Å². The molecule has 0 aliphatic rings. The number of nitrogens with two attached hydrogens (primary N) is 1. The van der Waals surface area contributed by atoms with E-state index in [1.54, 1.807) is 18.2 Å². The zero-order valence-corrected chi connectivity index (χ0v) is 11.7. The van der Waals surface area contributed by atoms with Gasteiger partial charge < -0.3 is 4.74 Å². The molecule has 4 heteroatoms. The smallest absolute Gasteiger partial charge is 0.168 e. The van der Waals surface area contributed by atoms with Crippen molar-refractivity contribution in [2.75, 3.05) is 7.11 Å². The maximum atomic E-state index is 14.2. The molecule has 1 atom stereocenters. The number of rotatable bonds is 5. The molecule has 0 aliphatic heterocycles. The first kappa shape index (κ1) is 14.5. The topological polar surface area (TPSA) is 47.3 Å². The molecule has 2 aromatic carbocycles. The van der Waals surface area contributed by atoms with Gasteiger partial charge in [-0.05, 0) is 30.5 Å². The van der Waals surface area contributed by atoms with Crippen LogP contribution in [0, 0.1) is 12.7 Å². The molecular formula is C16H19FN2O. The minimum atomic E-state index is -0.331. The quantitative estimate of drug-likeness (QED) is 0.651. The summed E-state index contributed by atoms with van der Waals surface area (Å²) in [4.78, 5) is 0. The molecule has 0 fully saturated rings. The lowest BCUT2D eigenvalue weighted by Gasteiger charge is -2.17. The summed E-state index contributed by atoms with van der Waals surface area (Å²) >= 11 is 0. The van der Waals surface area contributed by atoms with Crippen LogP contribution in [0.5, 0.6) is 5.75 Å². The standard InChI is InChI=1S/C16H19FN2O/c1-11-6-8-12(9-7-11)14(19-18)10-13-4-3-5-15(20-2)16(13)17/h3-9,14,19H,10,18H2,1-2H3. The van der Waals surface area contributed by atoms with Crippen molar-refractivity contribution in [3.05, 3.63) is 65.0 Å². The van der Waals surface area contributed by atoms with Crippen molar-refractivity contribution in [1.29, 1.82) is 0 Å². The van der Waals surface area contributed by atoms with Crippen LogP contribution >= 0.6 is 0 Å². The van der Waals surface area contributed by atoms with Crippen molar-refractivity contribution < 1.29 is 9.13 Å². The first-order chi connectivity index (χ1) is 9.65. The number of aryl methyl sites for hydroxylation is 1. The summed E-state index contributed by atoms with van der Waals surface area (Å²) in [7, 11) is 1.46. The van der Waals surface area contributed by atoms with Crippen LogP contribution in [-0.2, 0) is 6.42 Å². The van der Waals surface area contributed by atoms with Gasteiger partial charge in [-0.1, -0.05) is 42.0 Å². The monoisotopic (exact) mass is 274 g/mol. The largest absolute Gasteiger partial charge is 0.494 e. The van der Waals surface area contributed by atoms with Crippen molar-refractivity contribution >= 4 is 0 Å². The minimum Gasteiger partial charge on any atom is -0.494 e. The van der Waals surface area contributed by atoms with Gasteiger partial charge >= 0.3 is 0 Å². The molecule has 20 heavy (non-hydrogen) atoms. The highest BCUT2D eigenvalue weighted by molar-refractivity contribution is 5.33. The van der Waals surface area contributed by atoms with Crippen molar-refractivity contribution in [3.63, 3.8) is 0 Å². The van der Waals surface area contributed by atoms with Crippen molar-refractivity contribution in [1.82, 2.24) is 5.43 Å². The average molecular weight is 274 g/mol. The lowest BCUT2D eigenvalue weighted by atomic mass is 9.98. The second kappa shape index (κ2) is 6.50. The molecule has 0 bridgehead atoms. The van der Waals surface area contributed by atoms with E-state index in [1.807, 2.05) is 31.2 Å². The first-order valence-corrected chi connectivity index (χ1v) is 6.49. The SMILES string of the molecule is COc1cccc(CC(NN)c2ccc(C)cc2)c1F. The van der Waals surface area contributed by atoms with E-state index in [2.05, 4.69) is 5.43 Å². The molecule has 0 heterocycles. The van der Waals surface area contributed by atoms with E-state index >= 15 is 0 Å². The fourth-order valence-corrected chi connectivity index (χ4v) is 2.16. The summed E-state index contributed by atoms with van der Waals surface area (Å²) < 4.78 is 19.2. The number of benzene rings is 2. The van der Waals surface area contributed by atoms with E-state index in [9.17, 15) is 4.39 Å². The van der Waals surface area contributed by atoms with Crippen LogP contribution in [0.2, 0.25) is 0 Å². The third-order valence-electron chi connectivity index (χ3n) is 3.37. The van der Waals surface area contributed by atoms with Crippen LogP contribution in [-0.4, -0.2) is 7.11 Å². The van der Waals surface area contributed by atoms with Gasteiger partial charge in [-0.3, -0.25) is 11.3 Å². The number of halogens is 1. The number of hydrazine groups is 1. The van der Waals surface area contributed by atoms with Crippen LogP contribution in [0.1, 0.15) is 22.7 Å². The molecule has 106 valence electrons. The summed E-state index contributed by atoms with van der Waals surface area (Å²) in [5.41, 5.74) is 5.53. The molecule has 0 saturated heterocycles. The molecule has 0 spiro atoms. The van der Waals surface area contributed by atoms with Gasteiger partial charge in [0.2, 0.25) is 0 Å². The number of methoxy groups -OCH3 is 1. The van der Waals surface area contributed by atoms with Crippen LogP contribution in [0.3, 0.4) is 0 Å². The van der Waals surface area contributed by atoms with E-state index in [0.29, 0.717) is 12.0 Å². The van der Waals surface area contributed by atoms with Crippen LogP contribution in [0.4, 0.5) is 4.39 Å². The highest BCUT2D eigenvalue weighted by Gasteiger charge is 2.15. The Kier molecular flexibility index (Phi) is 4.71. The second-order valence-electron chi connectivity index (χ2n) is 4.77. The molecule has 0 aromatic heterocycles. The zero-order chi connectivity index (χ0) is 14.5. The number of ether oxygens (including phenoxy) is 1. The molecular weight excluding hydrogens is 255 g/mol. The lowest BCUT2D eigenvalue weighted by molar-refractivity contribution is 0.382. The van der Waals surface area contributed by atoms with E-state index in [-0.39, 0.29) is 17.6 Å². The summed E-state index contributed by atoms with van der Waals surface area (Å²) in [6.45, 7) is 2.02. The Morgan fingerprint density at radius 3 is 2.50 bits per heavy atom. The van der Waals surface area contributed by atoms with Gasteiger partial charge in [0.25, 0.3) is 0 Å². The van der Waals surface area contributed by atoms with Gasteiger partial charge in [-0.15, -0.1) is 0 Å². The predicted molar refractivity (Wildman–Crippen MR) is 77.9 cm³/mol. The fraction of sp³-hybridized carbons (Fsp3) is 0.250. The van der Waals surface area contributed by atoms with Crippen LogP contribution in [0.25, 0.3) is 0 Å². The predicted octanol–water partition coefficient (Wildman–Crippen LogP) is 2.89. The molecule has 0 saturated carbocycles. The molecule has 2 rings (SSSR count). The highest BCUT2D eigenvalue weighted by atomic mass is 19.1. The van der Waals surface area contributed by atoms with Gasteiger partial charge in [0.05, 0.1) is 13.2 Å². The lowest BCUT2D eigenvalue weighted by Crippen LogP contribution is -2.29. The molecule has 2 aromatic rings. The Morgan fingerprint density at radius 1 is 1.20 bits per heavy atom. The summed E-state index contributed by atoms with van der Waals surface area (Å²) in [6, 6.07) is 13.0. The van der Waals surface area contributed by atoms with Crippen molar-refractivity contribution in [2.45, 2.75) is 19.4 Å². The summed E-state index contributed by atoms with van der Waals surface area (Å²) in [6.07, 6.45) is 0.461. The second-order valence-corrected chi connectivity index (χ2v) is 4.77. The Labute approximate surface area is 118 Å². The fourth-order valence-electron chi connectivity index (χ4n) is 2.16. The highest BCUT2D eigenvalue weighted by Crippen LogP contribution is 2.25. The Bertz CT molecular complexity index is 569. The Balaban J connectivity index is 2.24. The molecule has 0 amide bonds. The Hall–Kier alpha value is -1.91. The molecule has 1 unspecified atom stereocenters. The van der Waals surface area contributed by atoms with Gasteiger partial charge in [-0.2, -0.15) is 0 Å². The van der Waals surface area contributed by atoms with E-state index in [4.69, 9.17) is 10.6 Å². The maximum Gasteiger partial charge on any atom is 0.168 e. The van der Waals surface area contributed by atoms with E-state index in [1.165, 1.54) is 12.7 Å². The van der Waals surface area contributed by atoms with Gasteiger partial charge in [0.1, 0.15) is 0 Å². The van der Waals surface area contributed by atoms with Gasteiger partial charge in [0, 0.05) is 0 Å². The molecule has 3 N–H and O–H groups in total. The Morgan fingerprint density at radius 2 is 1.90 bits per heavy atom. The molecule has 3 nitrogen and oxygen atoms in total. The summed E-state index contributed by atoms with van der Waals surface area (Å²) in [5.74, 6) is 5.53. The average Bonchev–Trinajstić information content (AvgIpc) is 2.47. The van der Waals surface area contributed by atoms with Crippen molar-refractivity contribution in [2.24, 2.45) is 5.84 Å². The maximum absolute atomic E-state index is 14.2. The van der Waals surface area contributed by atoms with Crippen molar-refractivity contribution in [3.8, 4) is 5.75 Å². The third-order valence-corrected chi connectivity index (χ3v) is 3.37. The zero-order valence-electron chi connectivity index (χ0n) is 11.7. The molecule has 0 radical (unpaired) electrons. The number of nitrogens with one attached hydrogen (secondary N) is 1. The number of hydrogen-bond donors (Lipinski definition) is 2. The van der Waals surface area contributed by atoms with Gasteiger partial charge in [0.15, 0.2) is 11.6 Å². The molecule has 0 aliphatic carbocycles. The van der Waals surface area contributed by atoms with Gasteiger partial charge in [-0.25, -0.2) is 4.39 Å². The van der Waals surface area contributed by atoms with Crippen LogP contribution < -0.4 is 16.0 Å². The normalized spacial score (nSPS) is 12.2. The summed E-state index contributed by atoms with van der Waals surface area (Å²) in [5, 5.41) is 0. The van der Waals surface area contributed by atoms with Crippen LogP contribution in [0.15, 0.2) is 42.5 Å².